The molecule has 0 spiro atoms. The Labute approximate surface area is 154 Å². The van der Waals surface area contributed by atoms with E-state index in [1.54, 1.807) is 0 Å². The zero-order valence-corrected chi connectivity index (χ0v) is 22.1. The van der Waals surface area contributed by atoms with E-state index in [1.807, 2.05) is 0 Å². The molecule has 1 heterocycles. The number of likely N-dealkylation sites (tertiary alicyclic amines) is 1. The predicted octanol–water partition coefficient (Wildman–Crippen LogP) is 5.04. The van der Waals surface area contributed by atoms with Crippen LogP contribution in [0.3, 0.4) is 0 Å². The van der Waals surface area contributed by atoms with Crippen molar-refractivity contribution in [1.82, 2.24) is 4.90 Å². The average molecular weight is 400 g/mol. The van der Waals surface area contributed by atoms with Crippen LogP contribution >= 0.6 is 0 Å². The highest BCUT2D eigenvalue weighted by molar-refractivity contribution is 7.90. The molecule has 1 saturated heterocycles. The smallest absolute Gasteiger partial charge is 0.249 e. The highest BCUT2D eigenvalue weighted by Crippen LogP contribution is 2.39. The van der Waals surface area contributed by atoms with Gasteiger partial charge in [-0.2, -0.15) is 0 Å². The third kappa shape index (κ3) is 4.07. The van der Waals surface area contributed by atoms with Crippen LogP contribution in [0.2, 0.25) is 58.9 Å². The van der Waals surface area contributed by atoms with Gasteiger partial charge in [0.15, 0.2) is 0 Å². The summed E-state index contributed by atoms with van der Waals surface area (Å²) < 4.78 is 0. The predicted molar refractivity (Wildman–Crippen MR) is 120 cm³/mol. The van der Waals surface area contributed by atoms with Crippen LogP contribution in [0, 0.1) is 5.92 Å². The van der Waals surface area contributed by atoms with E-state index in [9.17, 15) is 4.79 Å². The van der Waals surface area contributed by atoms with E-state index in [1.165, 1.54) is 5.57 Å². The SMILES string of the molecule is CC(C)CN1CC/C(=C\[Si]([Si](C)(C)C)([Si](C)(C)C)[Si](C)(C)C)C1=O. The molecule has 0 bridgehead atoms. The Morgan fingerprint density at radius 2 is 1.33 bits per heavy atom. The maximum atomic E-state index is 13.0. The first-order valence-corrected chi connectivity index (χ1v) is 25.1. The first kappa shape index (κ1) is 22.1. The number of rotatable bonds is 6. The van der Waals surface area contributed by atoms with E-state index in [2.05, 4.69) is 83.4 Å². The van der Waals surface area contributed by atoms with Gasteiger partial charge in [0.1, 0.15) is 0 Å². The Hall–Kier alpha value is 0.0775. The minimum absolute atomic E-state index is 0.357. The van der Waals surface area contributed by atoms with Crippen LogP contribution in [0.1, 0.15) is 20.3 Å². The summed E-state index contributed by atoms with van der Waals surface area (Å²) in [5.41, 5.74) is 3.88. The number of hydrogen-bond donors (Lipinski definition) is 0. The van der Waals surface area contributed by atoms with Crippen LogP contribution < -0.4 is 0 Å². The van der Waals surface area contributed by atoms with Gasteiger partial charge < -0.3 is 4.90 Å². The lowest BCUT2D eigenvalue weighted by molar-refractivity contribution is -0.125. The summed E-state index contributed by atoms with van der Waals surface area (Å²) in [5.74, 6) is 0.914. The maximum absolute atomic E-state index is 13.0. The van der Waals surface area contributed by atoms with Crippen molar-refractivity contribution in [1.29, 1.82) is 0 Å². The number of carbonyl (C=O) groups excluding carboxylic acids is 1. The van der Waals surface area contributed by atoms with Crippen molar-refractivity contribution in [2.45, 2.75) is 79.2 Å². The van der Waals surface area contributed by atoms with Crippen molar-refractivity contribution in [2.24, 2.45) is 5.92 Å². The standard InChI is InChI=1S/C18H41NOSi4/c1-16(2)14-19-13-12-17(18(19)20)15-24(21(3,4)5,22(6,7)8)23(9,10)11/h15-16H,12-14H2,1-11H3/b17-15+. The molecule has 0 aromatic rings. The lowest BCUT2D eigenvalue weighted by atomic mass is 10.2. The molecule has 24 heavy (non-hydrogen) atoms. The fourth-order valence-corrected chi connectivity index (χ4v) is 101. The zero-order chi connectivity index (χ0) is 19.1. The molecule has 1 amide bonds. The minimum Gasteiger partial charge on any atom is -0.338 e. The molecule has 140 valence electrons. The van der Waals surface area contributed by atoms with E-state index in [0.717, 1.165) is 19.5 Å². The average Bonchev–Trinajstić information content (AvgIpc) is 2.62. The summed E-state index contributed by atoms with van der Waals surface area (Å²) >= 11 is 0. The van der Waals surface area contributed by atoms with Gasteiger partial charge in [-0.05, 0) is 12.3 Å². The number of nitrogens with zero attached hydrogens (tertiary/aromatic N) is 1. The molecule has 0 saturated carbocycles. The first-order valence-electron chi connectivity index (χ1n) is 9.55. The van der Waals surface area contributed by atoms with Gasteiger partial charge in [-0.25, -0.2) is 0 Å². The lowest BCUT2D eigenvalue weighted by Gasteiger charge is -2.56. The third-order valence-electron chi connectivity index (χ3n) is 5.74. The van der Waals surface area contributed by atoms with E-state index in [4.69, 9.17) is 0 Å². The topological polar surface area (TPSA) is 20.3 Å². The Bertz CT molecular complexity index is 471. The van der Waals surface area contributed by atoms with Gasteiger partial charge in [0, 0.05) is 41.4 Å². The lowest BCUT2D eigenvalue weighted by Crippen LogP contribution is -2.82. The van der Waals surface area contributed by atoms with Crippen molar-refractivity contribution < 1.29 is 4.79 Å². The normalized spacial score (nSPS) is 19.8. The summed E-state index contributed by atoms with van der Waals surface area (Å²) in [7, 11) is -4.03. The number of hydrogen-bond acceptors (Lipinski definition) is 1. The van der Waals surface area contributed by atoms with E-state index in [0.29, 0.717) is 11.8 Å². The monoisotopic (exact) mass is 399 g/mol. The molecular weight excluding hydrogens is 359 g/mol. The largest absolute Gasteiger partial charge is 0.338 e. The van der Waals surface area contributed by atoms with Gasteiger partial charge >= 0.3 is 0 Å². The van der Waals surface area contributed by atoms with Crippen LogP contribution in [-0.2, 0) is 4.79 Å². The number of amides is 1. The highest BCUT2D eigenvalue weighted by Gasteiger charge is 2.60. The van der Waals surface area contributed by atoms with Gasteiger partial charge in [0.05, 0.1) is 6.63 Å². The second-order valence-corrected chi connectivity index (χ2v) is 51.6. The van der Waals surface area contributed by atoms with Gasteiger partial charge in [-0.15, -0.1) is 0 Å². The van der Waals surface area contributed by atoms with E-state index in [-0.39, 0.29) is 0 Å². The Kier molecular flexibility index (Phi) is 6.45. The van der Waals surface area contributed by atoms with E-state index >= 15 is 0 Å². The molecule has 0 aromatic carbocycles. The summed E-state index contributed by atoms with van der Waals surface area (Å²) in [4.78, 5) is 15.1. The van der Waals surface area contributed by atoms with Crippen LogP contribution in [-0.4, -0.2) is 53.3 Å². The molecule has 1 aliphatic heterocycles. The van der Waals surface area contributed by atoms with Crippen molar-refractivity contribution in [3.63, 3.8) is 0 Å². The summed E-state index contributed by atoms with van der Waals surface area (Å²) in [5, 5.41) is 0. The molecule has 2 nitrogen and oxygen atoms in total. The molecule has 0 N–H and O–H groups in total. The van der Waals surface area contributed by atoms with Gasteiger partial charge in [-0.3, -0.25) is 4.79 Å². The molecule has 0 radical (unpaired) electrons. The van der Waals surface area contributed by atoms with Crippen molar-refractivity contribution in [3.05, 3.63) is 11.3 Å². The molecule has 1 rings (SSSR count). The summed E-state index contributed by atoms with van der Waals surface area (Å²) in [6.07, 6.45) is 0.986. The van der Waals surface area contributed by atoms with E-state index < -0.39 is 29.4 Å². The molecule has 0 aromatic heterocycles. The van der Waals surface area contributed by atoms with Crippen LogP contribution in [0.5, 0.6) is 0 Å². The Morgan fingerprint density at radius 3 is 1.67 bits per heavy atom. The number of carbonyl (C=O) groups is 1. The van der Waals surface area contributed by atoms with Gasteiger partial charge in [0.25, 0.3) is 0 Å². The fraction of sp³-hybridized carbons (Fsp3) is 0.833. The summed E-state index contributed by atoms with van der Waals surface area (Å²) in [6.45, 7) is 28.1. The molecule has 1 aliphatic rings. The molecular formula is C18H41NOSi4. The Morgan fingerprint density at radius 1 is 0.917 bits per heavy atom. The molecule has 0 aliphatic carbocycles. The third-order valence-corrected chi connectivity index (χ3v) is 76.7. The quantitative estimate of drug-likeness (QED) is 0.452. The van der Waals surface area contributed by atoms with Crippen LogP contribution in [0.15, 0.2) is 11.3 Å². The minimum atomic E-state index is -1.57. The van der Waals surface area contributed by atoms with Crippen molar-refractivity contribution in [2.75, 3.05) is 13.1 Å². The van der Waals surface area contributed by atoms with Crippen LogP contribution in [0.4, 0.5) is 0 Å². The molecule has 1 fully saturated rings. The molecule has 0 unspecified atom stereocenters. The summed E-state index contributed by atoms with van der Waals surface area (Å²) in [6, 6.07) is 0. The first-order chi connectivity index (χ1) is 10.5. The second kappa shape index (κ2) is 7.00. The van der Waals surface area contributed by atoms with Gasteiger partial charge in [0.2, 0.25) is 5.91 Å². The van der Waals surface area contributed by atoms with Gasteiger partial charge in [-0.1, -0.05) is 78.5 Å². The van der Waals surface area contributed by atoms with Crippen molar-refractivity contribution in [3.8, 4) is 0 Å². The maximum Gasteiger partial charge on any atom is 0.249 e. The molecule has 0 atom stereocenters. The van der Waals surface area contributed by atoms with Crippen LogP contribution in [0.25, 0.3) is 0 Å². The fourth-order valence-electron chi connectivity index (χ4n) is 5.70. The Balaban J connectivity index is 3.47. The molecule has 6 heteroatoms. The van der Waals surface area contributed by atoms with Crippen molar-refractivity contribution >= 4 is 35.3 Å². The second-order valence-electron chi connectivity index (χ2n) is 11.1. The highest BCUT2D eigenvalue weighted by atomic mass is 29.9. The zero-order valence-electron chi connectivity index (χ0n) is 18.1.